The van der Waals surface area contributed by atoms with Gasteiger partial charge in [0.25, 0.3) is 0 Å². The van der Waals surface area contributed by atoms with E-state index in [-0.39, 0.29) is 11.9 Å². The Bertz CT molecular complexity index is 922. The van der Waals surface area contributed by atoms with Crippen molar-refractivity contribution in [2.45, 2.75) is 19.0 Å². The number of carbonyl (C=O) groups is 1. The van der Waals surface area contributed by atoms with Crippen molar-refractivity contribution in [1.29, 1.82) is 0 Å². The topological polar surface area (TPSA) is 23.6 Å². The van der Waals surface area contributed by atoms with Gasteiger partial charge >= 0.3 is 0 Å². The lowest BCUT2D eigenvalue weighted by molar-refractivity contribution is -0.134. The van der Waals surface area contributed by atoms with Crippen LogP contribution < -0.4 is 0 Å². The lowest BCUT2D eigenvalue weighted by atomic mass is 9.98. The molecule has 0 spiro atoms. The van der Waals surface area contributed by atoms with Gasteiger partial charge in [-0.3, -0.25) is 9.69 Å². The van der Waals surface area contributed by atoms with E-state index in [9.17, 15) is 4.79 Å². The average molecular weight is 461 g/mol. The standard InChI is InChI=1S/C21H21BrN2OS2/c1-23(13-15-5-2-3-6-17(15)22)14-20(25)24-10-8-18-16(9-12-27-18)21(24)19-7-4-11-26-19/h2-7,9,11-12,21H,8,10,13-14H2,1H3. The zero-order valence-electron chi connectivity index (χ0n) is 15.1. The summed E-state index contributed by atoms with van der Waals surface area (Å²) in [6.45, 7) is 1.95. The minimum atomic E-state index is 0.0596. The first-order chi connectivity index (χ1) is 13.1. The van der Waals surface area contributed by atoms with Gasteiger partial charge in [0.2, 0.25) is 5.91 Å². The van der Waals surface area contributed by atoms with Crippen LogP contribution >= 0.6 is 38.6 Å². The third-order valence-electron chi connectivity index (χ3n) is 4.90. The van der Waals surface area contributed by atoms with Crippen molar-refractivity contribution in [3.05, 3.63) is 78.6 Å². The predicted molar refractivity (Wildman–Crippen MR) is 116 cm³/mol. The van der Waals surface area contributed by atoms with Gasteiger partial charge in [0.05, 0.1) is 12.6 Å². The number of rotatable bonds is 5. The van der Waals surface area contributed by atoms with Crippen LogP contribution in [0.2, 0.25) is 0 Å². The monoisotopic (exact) mass is 460 g/mol. The molecule has 27 heavy (non-hydrogen) atoms. The highest BCUT2D eigenvalue weighted by Gasteiger charge is 2.33. The van der Waals surface area contributed by atoms with Gasteiger partial charge in [0, 0.05) is 27.3 Å². The molecular weight excluding hydrogens is 440 g/mol. The number of amides is 1. The van der Waals surface area contributed by atoms with Crippen molar-refractivity contribution >= 4 is 44.5 Å². The highest BCUT2D eigenvalue weighted by Crippen LogP contribution is 2.39. The van der Waals surface area contributed by atoms with Crippen LogP contribution in [-0.4, -0.2) is 35.8 Å². The van der Waals surface area contributed by atoms with Crippen molar-refractivity contribution < 1.29 is 4.79 Å². The summed E-state index contributed by atoms with van der Waals surface area (Å²) in [5, 5.41) is 4.25. The molecule has 3 heterocycles. The van der Waals surface area contributed by atoms with E-state index in [0.29, 0.717) is 6.54 Å². The molecule has 1 unspecified atom stereocenters. The van der Waals surface area contributed by atoms with Crippen LogP contribution in [0.1, 0.15) is 26.9 Å². The summed E-state index contributed by atoms with van der Waals surface area (Å²) in [6.07, 6.45) is 0.953. The second-order valence-electron chi connectivity index (χ2n) is 6.82. The summed E-state index contributed by atoms with van der Waals surface area (Å²) >= 11 is 7.14. The Balaban J connectivity index is 1.51. The van der Waals surface area contributed by atoms with Gasteiger partial charge in [-0.1, -0.05) is 40.2 Å². The van der Waals surface area contributed by atoms with Gasteiger partial charge in [-0.2, -0.15) is 0 Å². The van der Waals surface area contributed by atoms with Crippen LogP contribution in [0, 0.1) is 0 Å². The maximum Gasteiger partial charge on any atom is 0.237 e. The van der Waals surface area contributed by atoms with Crippen LogP contribution in [0.4, 0.5) is 0 Å². The second-order valence-corrected chi connectivity index (χ2v) is 9.65. The van der Waals surface area contributed by atoms with Crippen molar-refractivity contribution in [3.63, 3.8) is 0 Å². The lowest BCUT2D eigenvalue weighted by Gasteiger charge is -2.36. The van der Waals surface area contributed by atoms with Gasteiger partial charge in [0.15, 0.2) is 0 Å². The lowest BCUT2D eigenvalue weighted by Crippen LogP contribution is -2.44. The van der Waals surface area contributed by atoms with Crippen LogP contribution in [0.5, 0.6) is 0 Å². The van der Waals surface area contributed by atoms with Crippen molar-refractivity contribution in [1.82, 2.24) is 9.80 Å². The highest BCUT2D eigenvalue weighted by molar-refractivity contribution is 9.10. The molecule has 6 heteroatoms. The molecule has 1 aliphatic rings. The van der Waals surface area contributed by atoms with Crippen LogP contribution in [0.25, 0.3) is 0 Å². The number of hydrogen-bond acceptors (Lipinski definition) is 4. The second kappa shape index (κ2) is 8.27. The van der Waals surface area contributed by atoms with Gasteiger partial charge in [-0.15, -0.1) is 22.7 Å². The zero-order valence-corrected chi connectivity index (χ0v) is 18.3. The maximum absolute atomic E-state index is 13.2. The molecule has 0 N–H and O–H groups in total. The molecule has 2 aromatic heterocycles. The van der Waals surface area contributed by atoms with Crippen molar-refractivity contribution in [2.24, 2.45) is 0 Å². The third-order valence-corrected chi connectivity index (χ3v) is 7.60. The molecule has 1 aromatic carbocycles. The number of likely N-dealkylation sites (N-methyl/N-ethyl adjacent to an activating group) is 1. The third kappa shape index (κ3) is 4.04. The Kier molecular flexibility index (Phi) is 5.78. The fourth-order valence-corrected chi connectivity index (χ4v) is 5.80. The Hall–Kier alpha value is -1.47. The predicted octanol–water partition coefficient (Wildman–Crippen LogP) is 5.18. The molecule has 0 radical (unpaired) electrons. The van der Waals surface area contributed by atoms with E-state index in [1.165, 1.54) is 20.9 Å². The van der Waals surface area contributed by atoms with Crippen LogP contribution in [-0.2, 0) is 17.8 Å². The smallest absolute Gasteiger partial charge is 0.237 e. The molecule has 0 aliphatic carbocycles. The van der Waals surface area contributed by atoms with E-state index >= 15 is 0 Å². The maximum atomic E-state index is 13.2. The van der Waals surface area contributed by atoms with Gasteiger partial charge in [-0.05, 0) is 53.6 Å². The fourth-order valence-electron chi connectivity index (χ4n) is 3.63. The van der Waals surface area contributed by atoms with Crippen LogP contribution in [0.15, 0.2) is 57.7 Å². The molecule has 1 atom stereocenters. The summed E-state index contributed by atoms with van der Waals surface area (Å²) in [6, 6.07) is 14.6. The molecule has 1 amide bonds. The van der Waals surface area contributed by atoms with E-state index in [4.69, 9.17) is 0 Å². The largest absolute Gasteiger partial charge is 0.329 e. The Morgan fingerprint density at radius 3 is 2.81 bits per heavy atom. The number of hydrogen-bond donors (Lipinski definition) is 0. The first-order valence-electron chi connectivity index (χ1n) is 8.94. The summed E-state index contributed by atoms with van der Waals surface area (Å²) in [4.78, 5) is 20.0. The number of nitrogens with zero attached hydrogens (tertiary/aromatic N) is 2. The molecule has 4 rings (SSSR count). The summed E-state index contributed by atoms with van der Waals surface area (Å²) < 4.78 is 1.08. The molecular formula is C21H21BrN2OS2. The average Bonchev–Trinajstić information content (AvgIpc) is 3.34. The van der Waals surface area contributed by atoms with E-state index in [0.717, 1.165) is 24.0 Å². The van der Waals surface area contributed by atoms with Gasteiger partial charge < -0.3 is 4.90 Å². The number of thiophene rings is 2. The van der Waals surface area contributed by atoms with E-state index in [1.54, 1.807) is 11.3 Å². The van der Waals surface area contributed by atoms with Crippen LogP contribution in [0.3, 0.4) is 0 Å². The summed E-state index contributed by atoms with van der Waals surface area (Å²) in [5.74, 6) is 0.194. The zero-order chi connectivity index (χ0) is 18.8. The minimum absolute atomic E-state index is 0.0596. The van der Waals surface area contributed by atoms with E-state index in [1.807, 2.05) is 36.6 Å². The molecule has 3 aromatic rings. The Labute approximate surface area is 176 Å². The first kappa shape index (κ1) is 18.9. The number of carbonyl (C=O) groups excluding carboxylic acids is 1. The summed E-state index contributed by atoms with van der Waals surface area (Å²) in [7, 11) is 2.01. The molecule has 0 bridgehead atoms. The fraction of sp³-hybridized carbons (Fsp3) is 0.286. The SMILES string of the molecule is CN(CC(=O)N1CCc2sccc2C1c1cccs1)Cc1ccccc1Br. The van der Waals surface area contributed by atoms with Crippen molar-refractivity contribution in [3.8, 4) is 0 Å². The number of benzene rings is 1. The molecule has 0 saturated carbocycles. The number of fused-ring (bicyclic) bond motifs is 1. The Morgan fingerprint density at radius 1 is 1.19 bits per heavy atom. The first-order valence-corrected chi connectivity index (χ1v) is 11.5. The van der Waals surface area contributed by atoms with E-state index < -0.39 is 0 Å². The molecule has 0 fully saturated rings. The van der Waals surface area contributed by atoms with E-state index in [2.05, 4.69) is 60.8 Å². The number of halogens is 1. The molecule has 0 saturated heterocycles. The molecule has 1 aliphatic heterocycles. The Morgan fingerprint density at radius 2 is 2.04 bits per heavy atom. The summed E-state index contributed by atoms with van der Waals surface area (Å²) in [5.41, 5.74) is 2.50. The molecule has 3 nitrogen and oxygen atoms in total. The highest BCUT2D eigenvalue weighted by atomic mass is 79.9. The molecule has 140 valence electrons. The van der Waals surface area contributed by atoms with Gasteiger partial charge in [-0.25, -0.2) is 0 Å². The van der Waals surface area contributed by atoms with Crippen molar-refractivity contribution in [2.75, 3.05) is 20.1 Å². The normalized spacial score (nSPS) is 16.6. The minimum Gasteiger partial charge on any atom is -0.329 e. The van der Waals surface area contributed by atoms with Gasteiger partial charge in [0.1, 0.15) is 0 Å². The quantitative estimate of drug-likeness (QED) is 0.523.